The molecule has 0 fully saturated rings. The second-order valence-corrected chi connectivity index (χ2v) is 6.50. The minimum Gasteiger partial charge on any atom is -0.491 e. The summed E-state index contributed by atoms with van der Waals surface area (Å²) in [6.45, 7) is 4.08. The van der Waals surface area contributed by atoms with E-state index in [0.717, 1.165) is 26.9 Å². The molecular weight excluding hydrogens is 372 g/mol. The summed E-state index contributed by atoms with van der Waals surface area (Å²) < 4.78 is 6.41. The summed E-state index contributed by atoms with van der Waals surface area (Å²) in [4.78, 5) is 19.7. The Kier molecular flexibility index (Phi) is 4.69. The molecule has 124 valence electrons. The first-order chi connectivity index (χ1) is 11.5. The molecule has 0 radical (unpaired) electrons. The number of nitrogens with zero attached hydrogens (tertiary/aromatic N) is 1. The lowest BCUT2D eigenvalue weighted by molar-refractivity contribution is 0.200. The molecule has 24 heavy (non-hydrogen) atoms. The van der Waals surface area contributed by atoms with Crippen molar-refractivity contribution >= 4 is 26.8 Å². The van der Waals surface area contributed by atoms with E-state index < -0.39 is 0 Å². The topological polar surface area (TPSA) is 75.2 Å². The van der Waals surface area contributed by atoms with Crippen molar-refractivity contribution in [2.45, 2.75) is 13.8 Å². The third kappa shape index (κ3) is 3.20. The number of hydrogen-bond acceptors (Lipinski definition) is 4. The molecule has 1 heterocycles. The quantitative estimate of drug-likeness (QED) is 0.718. The van der Waals surface area contributed by atoms with Crippen molar-refractivity contribution in [1.82, 2.24) is 9.97 Å². The Labute approximate surface area is 147 Å². The lowest BCUT2D eigenvalue weighted by atomic mass is 10.0. The van der Waals surface area contributed by atoms with Gasteiger partial charge in [-0.25, -0.2) is 4.98 Å². The van der Waals surface area contributed by atoms with Crippen LogP contribution in [0.3, 0.4) is 0 Å². The molecule has 6 heteroatoms. The first-order valence-corrected chi connectivity index (χ1v) is 8.34. The van der Waals surface area contributed by atoms with Crippen molar-refractivity contribution in [2.75, 3.05) is 13.2 Å². The third-order valence-electron chi connectivity index (χ3n) is 3.74. The summed E-state index contributed by atoms with van der Waals surface area (Å²) in [5, 5.41) is 9.46. The molecule has 3 rings (SSSR count). The van der Waals surface area contributed by atoms with Gasteiger partial charge in [-0.05, 0) is 55.3 Å². The molecule has 3 aromatic rings. The Balaban J connectivity index is 2.11. The van der Waals surface area contributed by atoms with Crippen LogP contribution in [0.4, 0.5) is 0 Å². The zero-order chi connectivity index (χ0) is 17.3. The third-order valence-corrected chi connectivity index (χ3v) is 4.23. The van der Waals surface area contributed by atoms with E-state index in [0.29, 0.717) is 16.7 Å². The number of fused-ring (bicyclic) bond motifs is 1. The van der Waals surface area contributed by atoms with Crippen LogP contribution in [-0.2, 0) is 0 Å². The average Bonchev–Trinajstić information content (AvgIpc) is 2.54. The molecule has 0 aliphatic carbocycles. The fourth-order valence-electron chi connectivity index (χ4n) is 2.71. The monoisotopic (exact) mass is 388 g/mol. The van der Waals surface area contributed by atoms with Crippen LogP contribution < -0.4 is 10.3 Å². The van der Waals surface area contributed by atoms with E-state index in [1.54, 1.807) is 6.07 Å². The molecular formula is C18H17BrN2O3. The molecule has 2 N–H and O–H groups in total. The van der Waals surface area contributed by atoms with Gasteiger partial charge in [0, 0.05) is 10.0 Å². The Morgan fingerprint density at radius 1 is 1.21 bits per heavy atom. The lowest BCUT2D eigenvalue weighted by Crippen LogP contribution is -2.10. The maximum absolute atomic E-state index is 12.3. The van der Waals surface area contributed by atoms with Crippen LogP contribution in [0.2, 0.25) is 0 Å². The number of aryl methyl sites for hydroxylation is 2. The van der Waals surface area contributed by atoms with Crippen LogP contribution in [0.1, 0.15) is 11.1 Å². The molecule has 0 atom stereocenters. The normalized spacial score (nSPS) is 11.0. The summed E-state index contributed by atoms with van der Waals surface area (Å²) in [6, 6.07) is 9.27. The summed E-state index contributed by atoms with van der Waals surface area (Å²) in [6.07, 6.45) is 0. The molecule has 0 saturated heterocycles. The van der Waals surface area contributed by atoms with Crippen LogP contribution in [0, 0.1) is 13.8 Å². The molecule has 0 aliphatic heterocycles. The summed E-state index contributed by atoms with van der Waals surface area (Å²) in [7, 11) is 0. The van der Waals surface area contributed by atoms with E-state index in [4.69, 9.17) is 9.84 Å². The smallest absolute Gasteiger partial charge is 0.259 e. The van der Waals surface area contributed by atoms with Gasteiger partial charge >= 0.3 is 0 Å². The Bertz CT molecular complexity index is 943. The highest BCUT2D eigenvalue weighted by molar-refractivity contribution is 9.10. The number of H-pyrrole nitrogens is 1. The second kappa shape index (κ2) is 6.75. The van der Waals surface area contributed by atoms with Crippen LogP contribution in [0.15, 0.2) is 39.6 Å². The van der Waals surface area contributed by atoms with Crippen LogP contribution in [-0.4, -0.2) is 28.3 Å². The van der Waals surface area contributed by atoms with Crippen molar-refractivity contribution in [3.63, 3.8) is 0 Å². The lowest BCUT2D eigenvalue weighted by Gasteiger charge is -2.13. The van der Waals surface area contributed by atoms with Gasteiger partial charge in [-0.2, -0.15) is 0 Å². The van der Waals surface area contributed by atoms with Gasteiger partial charge in [0.15, 0.2) is 0 Å². The number of benzene rings is 2. The van der Waals surface area contributed by atoms with Gasteiger partial charge in [-0.3, -0.25) is 4.79 Å². The van der Waals surface area contributed by atoms with Crippen molar-refractivity contribution < 1.29 is 9.84 Å². The van der Waals surface area contributed by atoms with E-state index in [2.05, 4.69) is 25.9 Å². The Hall–Kier alpha value is -2.18. The SMILES string of the molecule is Cc1cc(-c2nc3ccc(Br)cc3c(=O)[nH]2)cc(C)c1OCCO. The minimum absolute atomic E-state index is 0.0320. The molecule has 5 nitrogen and oxygen atoms in total. The van der Waals surface area contributed by atoms with Crippen molar-refractivity contribution in [2.24, 2.45) is 0 Å². The average molecular weight is 389 g/mol. The summed E-state index contributed by atoms with van der Waals surface area (Å²) in [5.74, 6) is 1.27. The Morgan fingerprint density at radius 3 is 2.58 bits per heavy atom. The van der Waals surface area contributed by atoms with Gasteiger partial charge in [-0.15, -0.1) is 0 Å². The fraction of sp³-hybridized carbons (Fsp3) is 0.222. The number of aromatic amines is 1. The molecule has 0 spiro atoms. The highest BCUT2D eigenvalue weighted by atomic mass is 79.9. The standard InChI is InChI=1S/C18H17BrN2O3/c1-10-7-12(8-11(2)16(10)24-6-5-22)17-20-15-4-3-13(19)9-14(15)18(23)21-17/h3-4,7-9,22H,5-6H2,1-2H3,(H,20,21,23). The highest BCUT2D eigenvalue weighted by Gasteiger charge is 2.11. The maximum atomic E-state index is 12.3. The largest absolute Gasteiger partial charge is 0.491 e. The predicted molar refractivity (Wildman–Crippen MR) is 97.6 cm³/mol. The number of rotatable bonds is 4. The van der Waals surface area contributed by atoms with Crippen LogP contribution >= 0.6 is 15.9 Å². The van der Waals surface area contributed by atoms with Crippen LogP contribution in [0.5, 0.6) is 5.75 Å². The van der Waals surface area contributed by atoms with Gasteiger partial charge in [0.1, 0.15) is 18.2 Å². The van der Waals surface area contributed by atoms with Crippen LogP contribution in [0.25, 0.3) is 22.3 Å². The maximum Gasteiger partial charge on any atom is 0.259 e. The summed E-state index contributed by atoms with van der Waals surface area (Å²) in [5.41, 5.74) is 3.15. The van der Waals surface area contributed by atoms with Gasteiger partial charge in [-0.1, -0.05) is 15.9 Å². The zero-order valence-corrected chi connectivity index (χ0v) is 15.0. The van der Waals surface area contributed by atoms with Gasteiger partial charge in [0.2, 0.25) is 0 Å². The molecule has 0 aliphatic rings. The number of aliphatic hydroxyl groups excluding tert-OH is 1. The zero-order valence-electron chi connectivity index (χ0n) is 13.4. The van der Waals surface area contributed by atoms with Crippen molar-refractivity contribution in [3.8, 4) is 17.1 Å². The number of aliphatic hydroxyl groups is 1. The highest BCUT2D eigenvalue weighted by Crippen LogP contribution is 2.29. The molecule has 2 aromatic carbocycles. The number of halogens is 1. The van der Waals surface area contributed by atoms with E-state index >= 15 is 0 Å². The molecule has 0 unspecified atom stereocenters. The van der Waals surface area contributed by atoms with Gasteiger partial charge in [0.05, 0.1) is 17.5 Å². The number of ether oxygens (including phenoxy) is 1. The summed E-state index contributed by atoms with van der Waals surface area (Å²) >= 11 is 3.37. The molecule has 0 bridgehead atoms. The number of hydrogen-bond donors (Lipinski definition) is 2. The predicted octanol–water partition coefficient (Wildman–Crippen LogP) is 3.34. The first-order valence-electron chi connectivity index (χ1n) is 7.54. The van der Waals surface area contributed by atoms with Gasteiger partial charge < -0.3 is 14.8 Å². The van der Waals surface area contributed by atoms with E-state index in [-0.39, 0.29) is 18.8 Å². The van der Waals surface area contributed by atoms with E-state index in [1.165, 1.54) is 0 Å². The fourth-order valence-corrected chi connectivity index (χ4v) is 3.07. The Morgan fingerprint density at radius 2 is 1.92 bits per heavy atom. The van der Waals surface area contributed by atoms with Gasteiger partial charge in [0.25, 0.3) is 5.56 Å². The second-order valence-electron chi connectivity index (χ2n) is 5.59. The van der Waals surface area contributed by atoms with Crippen molar-refractivity contribution in [1.29, 1.82) is 0 Å². The minimum atomic E-state index is -0.174. The number of nitrogens with one attached hydrogen (secondary N) is 1. The first kappa shape index (κ1) is 16.7. The molecule has 1 aromatic heterocycles. The number of aromatic nitrogens is 2. The van der Waals surface area contributed by atoms with E-state index in [9.17, 15) is 4.79 Å². The van der Waals surface area contributed by atoms with E-state index in [1.807, 2.05) is 38.1 Å². The molecule has 0 amide bonds. The molecule has 0 saturated carbocycles. The van der Waals surface area contributed by atoms with Crippen molar-refractivity contribution in [3.05, 3.63) is 56.3 Å².